The molecule has 0 amide bonds. The van der Waals surface area contributed by atoms with Crippen LogP contribution < -0.4 is 4.74 Å². The van der Waals surface area contributed by atoms with Crippen LogP contribution in [0.15, 0.2) is 30.3 Å². The summed E-state index contributed by atoms with van der Waals surface area (Å²) in [5.74, 6) is -2.08. The van der Waals surface area contributed by atoms with Crippen molar-refractivity contribution in [2.75, 3.05) is 0 Å². The first kappa shape index (κ1) is 13.3. The van der Waals surface area contributed by atoms with Gasteiger partial charge in [-0.25, -0.2) is 8.78 Å². The number of nitriles is 1. The SMILES string of the molecule is Cc1cc(Cl)c(F)c(Oc2ccc(C#N)cc2)c1F. The molecule has 2 rings (SSSR count). The number of ether oxygens (including phenoxy) is 1. The van der Waals surface area contributed by atoms with Crippen molar-refractivity contribution in [1.82, 2.24) is 0 Å². The Morgan fingerprint density at radius 2 is 1.79 bits per heavy atom. The molecule has 0 fully saturated rings. The molecule has 0 heterocycles. The van der Waals surface area contributed by atoms with E-state index in [1.165, 1.54) is 37.3 Å². The van der Waals surface area contributed by atoms with E-state index in [0.717, 1.165) is 0 Å². The molecule has 0 spiro atoms. The molecule has 2 aromatic carbocycles. The summed E-state index contributed by atoms with van der Waals surface area (Å²) in [6.45, 7) is 1.46. The summed E-state index contributed by atoms with van der Waals surface area (Å²) in [5.41, 5.74) is 0.616. The summed E-state index contributed by atoms with van der Waals surface area (Å²) in [5, 5.41) is 8.44. The van der Waals surface area contributed by atoms with Crippen molar-refractivity contribution in [3.8, 4) is 17.6 Å². The topological polar surface area (TPSA) is 33.0 Å². The van der Waals surface area contributed by atoms with Gasteiger partial charge >= 0.3 is 0 Å². The first-order chi connectivity index (χ1) is 9.02. The molecular formula is C14H8ClF2NO. The lowest BCUT2D eigenvalue weighted by atomic mass is 10.2. The van der Waals surface area contributed by atoms with Crippen LogP contribution in [0, 0.1) is 29.9 Å². The number of rotatable bonds is 2. The monoisotopic (exact) mass is 279 g/mol. The minimum absolute atomic E-state index is 0.190. The molecule has 0 atom stereocenters. The number of nitrogens with zero attached hydrogens (tertiary/aromatic N) is 1. The lowest BCUT2D eigenvalue weighted by Gasteiger charge is -2.10. The quantitative estimate of drug-likeness (QED) is 0.753. The van der Waals surface area contributed by atoms with E-state index in [9.17, 15) is 8.78 Å². The molecule has 0 aliphatic heterocycles. The zero-order valence-corrected chi connectivity index (χ0v) is 10.6. The van der Waals surface area contributed by atoms with Crippen molar-refractivity contribution in [2.24, 2.45) is 0 Å². The summed E-state index contributed by atoms with van der Waals surface area (Å²) in [7, 11) is 0. The van der Waals surface area contributed by atoms with Crippen LogP contribution in [0.3, 0.4) is 0 Å². The maximum atomic E-state index is 13.8. The van der Waals surface area contributed by atoms with E-state index in [-0.39, 0.29) is 16.3 Å². The first-order valence-corrected chi connectivity index (χ1v) is 5.73. The molecule has 0 aliphatic rings. The molecule has 0 unspecified atom stereocenters. The highest BCUT2D eigenvalue weighted by molar-refractivity contribution is 6.31. The number of hydrogen-bond acceptors (Lipinski definition) is 2. The van der Waals surface area contributed by atoms with E-state index in [0.29, 0.717) is 5.56 Å². The van der Waals surface area contributed by atoms with Gasteiger partial charge in [0.05, 0.1) is 16.7 Å². The fraction of sp³-hybridized carbons (Fsp3) is 0.0714. The summed E-state index contributed by atoms with van der Waals surface area (Å²) < 4.78 is 32.7. The Labute approximate surface area is 113 Å². The standard InChI is InChI=1S/C14H8ClF2NO/c1-8-6-11(15)13(17)14(12(8)16)19-10-4-2-9(7-18)3-5-10/h2-6H,1H3. The van der Waals surface area contributed by atoms with Gasteiger partial charge in [0.2, 0.25) is 0 Å². The third kappa shape index (κ3) is 2.67. The van der Waals surface area contributed by atoms with Crippen molar-refractivity contribution in [3.05, 3.63) is 58.1 Å². The average Bonchev–Trinajstić information content (AvgIpc) is 2.42. The largest absolute Gasteiger partial charge is 0.451 e. The van der Waals surface area contributed by atoms with E-state index < -0.39 is 17.4 Å². The van der Waals surface area contributed by atoms with Gasteiger partial charge in [0, 0.05) is 0 Å². The predicted octanol–water partition coefficient (Wildman–Crippen LogP) is 4.59. The van der Waals surface area contributed by atoms with E-state index in [2.05, 4.69) is 0 Å². The third-order valence-corrected chi connectivity index (χ3v) is 2.78. The fourth-order valence-electron chi connectivity index (χ4n) is 1.51. The average molecular weight is 280 g/mol. The van der Waals surface area contributed by atoms with Gasteiger partial charge in [-0.1, -0.05) is 11.6 Å². The Morgan fingerprint density at radius 1 is 1.16 bits per heavy atom. The van der Waals surface area contributed by atoms with Crippen molar-refractivity contribution in [1.29, 1.82) is 5.26 Å². The molecule has 96 valence electrons. The Hall–Kier alpha value is -2.12. The Balaban J connectivity index is 2.40. The fourth-order valence-corrected chi connectivity index (χ4v) is 1.76. The van der Waals surface area contributed by atoms with E-state index in [4.69, 9.17) is 21.6 Å². The summed E-state index contributed by atoms with van der Waals surface area (Å²) in [4.78, 5) is 0. The van der Waals surface area contributed by atoms with Gasteiger partial charge in [-0.15, -0.1) is 0 Å². The van der Waals surface area contributed by atoms with Crippen molar-refractivity contribution < 1.29 is 13.5 Å². The number of hydrogen-bond donors (Lipinski definition) is 0. The van der Waals surface area contributed by atoms with Crippen LogP contribution in [0.2, 0.25) is 5.02 Å². The molecule has 0 radical (unpaired) electrons. The van der Waals surface area contributed by atoms with Crippen LogP contribution in [0.5, 0.6) is 11.5 Å². The van der Waals surface area contributed by atoms with Crippen molar-refractivity contribution in [2.45, 2.75) is 6.92 Å². The summed E-state index contributed by atoms with van der Waals surface area (Å²) in [6.07, 6.45) is 0. The minimum Gasteiger partial charge on any atom is -0.451 e. The van der Waals surface area contributed by atoms with Gasteiger partial charge < -0.3 is 4.74 Å². The Kier molecular flexibility index (Phi) is 3.68. The molecule has 0 saturated heterocycles. The van der Waals surface area contributed by atoms with Crippen LogP contribution in [0.1, 0.15) is 11.1 Å². The van der Waals surface area contributed by atoms with Crippen molar-refractivity contribution >= 4 is 11.6 Å². The molecular weight excluding hydrogens is 272 g/mol. The van der Waals surface area contributed by atoms with E-state index >= 15 is 0 Å². The highest BCUT2D eigenvalue weighted by Gasteiger charge is 2.17. The second kappa shape index (κ2) is 5.25. The molecule has 2 aromatic rings. The zero-order chi connectivity index (χ0) is 14.0. The predicted molar refractivity (Wildman–Crippen MR) is 67.3 cm³/mol. The van der Waals surface area contributed by atoms with Crippen LogP contribution >= 0.6 is 11.6 Å². The third-order valence-electron chi connectivity index (χ3n) is 2.50. The van der Waals surface area contributed by atoms with Gasteiger partial charge in [0.25, 0.3) is 0 Å². The summed E-state index contributed by atoms with van der Waals surface area (Å²) >= 11 is 5.64. The number of aryl methyl sites for hydroxylation is 1. The minimum atomic E-state index is -0.950. The molecule has 0 saturated carbocycles. The second-order valence-corrected chi connectivity index (χ2v) is 4.28. The van der Waals surface area contributed by atoms with Gasteiger partial charge in [0.1, 0.15) is 5.75 Å². The highest BCUT2D eigenvalue weighted by atomic mass is 35.5. The van der Waals surface area contributed by atoms with E-state index in [1.54, 1.807) is 0 Å². The number of halogens is 3. The van der Waals surface area contributed by atoms with Crippen LogP contribution in [0.4, 0.5) is 8.78 Å². The van der Waals surface area contributed by atoms with Crippen LogP contribution in [0.25, 0.3) is 0 Å². The lowest BCUT2D eigenvalue weighted by Crippen LogP contribution is -1.96. The maximum Gasteiger partial charge on any atom is 0.200 e. The molecule has 0 aromatic heterocycles. The van der Waals surface area contributed by atoms with Crippen LogP contribution in [-0.4, -0.2) is 0 Å². The van der Waals surface area contributed by atoms with Gasteiger partial charge in [-0.05, 0) is 42.8 Å². The Morgan fingerprint density at radius 3 is 2.37 bits per heavy atom. The van der Waals surface area contributed by atoms with Gasteiger partial charge in [0.15, 0.2) is 17.4 Å². The zero-order valence-electron chi connectivity index (χ0n) is 9.88. The lowest BCUT2D eigenvalue weighted by molar-refractivity contribution is 0.405. The molecule has 0 bridgehead atoms. The van der Waals surface area contributed by atoms with Crippen molar-refractivity contribution in [3.63, 3.8) is 0 Å². The second-order valence-electron chi connectivity index (χ2n) is 3.87. The smallest absolute Gasteiger partial charge is 0.200 e. The maximum absolute atomic E-state index is 13.8. The normalized spacial score (nSPS) is 10.1. The molecule has 0 aliphatic carbocycles. The van der Waals surface area contributed by atoms with Gasteiger partial charge in [-0.2, -0.15) is 5.26 Å². The van der Waals surface area contributed by atoms with Gasteiger partial charge in [-0.3, -0.25) is 0 Å². The molecule has 19 heavy (non-hydrogen) atoms. The summed E-state index contributed by atoms with van der Waals surface area (Å²) in [6, 6.07) is 9.01. The molecule has 2 nitrogen and oxygen atoms in total. The van der Waals surface area contributed by atoms with E-state index in [1.807, 2.05) is 6.07 Å². The van der Waals surface area contributed by atoms with Crippen LogP contribution in [-0.2, 0) is 0 Å². The molecule has 0 N–H and O–H groups in total. The molecule has 5 heteroatoms. The first-order valence-electron chi connectivity index (χ1n) is 5.35. The Bertz CT molecular complexity index is 636. The highest BCUT2D eigenvalue weighted by Crippen LogP contribution is 2.33. The number of benzene rings is 2.